The summed E-state index contributed by atoms with van der Waals surface area (Å²) < 4.78 is 0. The lowest BCUT2D eigenvalue weighted by molar-refractivity contribution is 0.302. The van der Waals surface area contributed by atoms with Gasteiger partial charge in [0.25, 0.3) is 0 Å². The molecule has 1 N–H and O–H groups in total. The molecule has 0 radical (unpaired) electrons. The van der Waals surface area contributed by atoms with Crippen LogP contribution in [0.4, 0.5) is 0 Å². The molecule has 0 aromatic carbocycles. The van der Waals surface area contributed by atoms with Crippen molar-refractivity contribution in [2.45, 2.75) is 20.4 Å². The lowest BCUT2D eigenvalue weighted by Gasteiger charge is -2.17. The van der Waals surface area contributed by atoms with Gasteiger partial charge in [-0.15, -0.1) is 0 Å². The van der Waals surface area contributed by atoms with Crippen molar-refractivity contribution in [1.29, 1.82) is 0 Å². The van der Waals surface area contributed by atoms with Crippen LogP contribution in [0.25, 0.3) is 0 Å². The first-order chi connectivity index (χ1) is 7.36. The van der Waals surface area contributed by atoms with E-state index in [1.165, 1.54) is 0 Å². The summed E-state index contributed by atoms with van der Waals surface area (Å²) in [7, 11) is 0. The van der Waals surface area contributed by atoms with E-state index in [1.807, 2.05) is 6.07 Å². The van der Waals surface area contributed by atoms with Gasteiger partial charge in [0, 0.05) is 25.5 Å². The molecule has 1 heterocycles. The number of rotatable bonds is 7. The minimum Gasteiger partial charge on any atom is -0.309 e. The van der Waals surface area contributed by atoms with Crippen LogP contribution in [0.15, 0.2) is 18.5 Å². The molecule has 0 aliphatic rings. The van der Waals surface area contributed by atoms with Crippen molar-refractivity contribution in [2.75, 3.05) is 26.2 Å². The van der Waals surface area contributed by atoms with E-state index >= 15 is 0 Å². The van der Waals surface area contributed by atoms with Crippen LogP contribution in [0.1, 0.15) is 19.7 Å². The molecular weight excluding hydrogens is 188 g/mol. The van der Waals surface area contributed by atoms with E-state index in [4.69, 9.17) is 0 Å². The smallest absolute Gasteiger partial charge is 0.141 e. The van der Waals surface area contributed by atoms with Gasteiger partial charge in [-0.05, 0) is 19.2 Å². The molecule has 15 heavy (non-hydrogen) atoms. The predicted octanol–water partition coefficient (Wildman–Crippen LogP) is 0.908. The summed E-state index contributed by atoms with van der Waals surface area (Å²) in [6.07, 6.45) is 3.54. The second-order valence-electron chi connectivity index (χ2n) is 3.37. The van der Waals surface area contributed by atoms with Gasteiger partial charge in [0.05, 0.1) is 6.54 Å². The van der Waals surface area contributed by atoms with Gasteiger partial charge >= 0.3 is 0 Å². The molecule has 0 unspecified atom stereocenters. The maximum Gasteiger partial charge on any atom is 0.141 e. The zero-order valence-electron chi connectivity index (χ0n) is 9.61. The van der Waals surface area contributed by atoms with E-state index < -0.39 is 0 Å². The highest BCUT2D eigenvalue weighted by Gasteiger charge is 1.98. The minimum absolute atomic E-state index is 0.752. The molecule has 4 nitrogen and oxygen atoms in total. The highest BCUT2D eigenvalue weighted by atomic mass is 15.1. The quantitative estimate of drug-likeness (QED) is 0.676. The second kappa shape index (κ2) is 7.31. The van der Waals surface area contributed by atoms with E-state index in [0.717, 1.165) is 38.5 Å². The molecular formula is C11H20N4. The molecule has 0 saturated heterocycles. The Kier molecular flexibility index (Phi) is 5.88. The fourth-order valence-electron chi connectivity index (χ4n) is 1.40. The van der Waals surface area contributed by atoms with Crippen LogP contribution in [-0.4, -0.2) is 41.0 Å². The van der Waals surface area contributed by atoms with E-state index in [0.29, 0.717) is 0 Å². The Bertz CT molecular complexity index is 246. The second-order valence-corrected chi connectivity index (χ2v) is 3.37. The minimum atomic E-state index is 0.752. The first kappa shape index (κ1) is 12.1. The average Bonchev–Trinajstić information content (AvgIpc) is 2.31. The Morgan fingerprint density at radius 2 is 1.87 bits per heavy atom. The van der Waals surface area contributed by atoms with Crippen molar-refractivity contribution in [2.24, 2.45) is 0 Å². The molecule has 0 aliphatic heterocycles. The topological polar surface area (TPSA) is 41.0 Å². The summed E-state index contributed by atoms with van der Waals surface area (Å²) in [5.41, 5.74) is 0. The van der Waals surface area contributed by atoms with Gasteiger partial charge in [-0.1, -0.05) is 13.8 Å². The number of nitrogens with one attached hydrogen (secondary N) is 1. The molecule has 1 aromatic rings. The van der Waals surface area contributed by atoms with Crippen LogP contribution in [0.5, 0.6) is 0 Å². The van der Waals surface area contributed by atoms with Crippen molar-refractivity contribution < 1.29 is 0 Å². The Labute approximate surface area is 91.7 Å². The van der Waals surface area contributed by atoms with Crippen LogP contribution < -0.4 is 5.32 Å². The van der Waals surface area contributed by atoms with Crippen LogP contribution in [-0.2, 0) is 6.54 Å². The van der Waals surface area contributed by atoms with Gasteiger partial charge < -0.3 is 10.2 Å². The Hall–Kier alpha value is -1.00. The Morgan fingerprint density at radius 3 is 2.47 bits per heavy atom. The molecule has 0 amide bonds. The molecule has 1 aromatic heterocycles. The summed E-state index contributed by atoms with van der Waals surface area (Å²) in [4.78, 5) is 10.7. The summed E-state index contributed by atoms with van der Waals surface area (Å²) in [6.45, 7) is 9.41. The van der Waals surface area contributed by atoms with Crippen LogP contribution in [0.3, 0.4) is 0 Å². The number of nitrogens with zero attached hydrogens (tertiary/aromatic N) is 3. The summed E-state index contributed by atoms with van der Waals surface area (Å²) in [5, 5.41) is 3.33. The van der Waals surface area contributed by atoms with Crippen molar-refractivity contribution >= 4 is 0 Å². The van der Waals surface area contributed by atoms with Gasteiger partial charge in [0.1, 0.15) is 5.82 Å². The summed E-state index contributed by atoms with van der Waals surface area (Å²) in [6, 6.07) is 1.83. The van der Waals surface area contributed by atoms with E-state index in [2.05, 4.69) is 34.0 Å². The first-order valence-electron chi connectivity index (χ1n) is 5.55. The molecule has 84 valence electrons. The summed E-state index contributed by atoms with van der Waals surface area (Å²) in [5.74, 6) is 0.858. The molecule has 0 aliphatic carbocycles. The van der Waals surface area contributed by atoms with E-state index in [-0.39, 0.29) is 0 Å². The fourth-order valence-corrected chi connectivity index (χ4v) is 1.40. The van der Waals surface area contributed by atoms with E-state index in [9.17, 15) is 0 Å². The first-order valence-corrected chi connectivity index (χ1v) is 5.55. The average molecular weight is 208 g/mol. The van der Waals surface area contributed by atoms with E-state index in [1.54, 1.807) is 12.4 Å². The Morgan fingerprint density at radius 1 is 1.20 bits per heavy atom. The zero-order chi connectivity index (χ0) is 10.9. The van der Waals surface area contributed by atoms with Gasteiger partial charge in [0.15, 0.2) is 0 Å². The molecule has 0 saturated carbocycles. The number of likely N-dealkylation sites (N-methyl/N-ethyl adjacent to an activating group) is 1. The normalized spacial score (nSPS) is 10.9. The predicted molar refractivity (Wildman–Crippen MR) is 61.5 cm³/mol. The number of aromatic nitrogens is 2. The third-order valence-electron chi connectivity index (χ3n) is 2.40. The van der Waals surface area contributed by atoms with Crippen molar-refractivity contribution in [3.63, 3.8) is 0 Å². The van der Waals surface area contributed by atoms with Crippen molar-refractivity contribution in [1.82, 2.24) is 20.2 Å². The fraction of sp³-hybridized carbons (Fsp3) is 0.636. The van der Waals surface area contributed by atoms with Crippen LogP contribution in [0, 0.1) is 0 Å². The van der Waals surface area contributed by atoms with Gasteiger partial charge in [0.2, 0.25) is 0 Å². The SMILES string of the molecule is CCN(CC)CCNCc1ncccn1. The van der Waals surface area contributed by atoms with Crippen LogP contribution >= 0.6 is 0 Å². The maximum atomic E-state index is 4.15. The molecule has 0 fully saturated rings. The third-order valence-corrected chi connectivity index (χ3v) is 2.40. The van der Waals surface area contributed by atoms with Gasteiger partial charge in [-0.2, -0.15) is 0 Å². The highest BCUT2D eigenvalue weighted by Crippen LogP contribution is 1.87. The maximum absolute atomic E-state index is 4.15. The Balaban J connectivity index is 2.12. The molecule has 0 atom stereocenters. The van der Waals surface area contributed by atoms with Gasteiger partial charge in [-0.3, -0.25) is 0 Å². The third kappa shape index (κ3) is 4.85. The van der Waals surface area contributed by atoms with Crippen molar-refractivity contribution in [3.8, 4) is 0 Å². The lowest BCUT2D eigenvalue weighted by Crippen LogP contribution is -2.31. The number of hydrogen-bond acceptors (Lipinski definition) is 4. The molecule has 0 spiro atoms. The zero-order valence-corrected chi connectivity index (χ0v) is 9.61. The molecule has 0 bridgehead atoms. The lowest BCUT2D eigenvalue weighted by atomic mass is 10.4. The van der Waals surface area contributed by atoms with Crippen LogP contribution in [0.2, 0.25) is 0 Å². The van der Waals surface area contributed by atoms with Crippen molar-refractivity contribution in [3.05, 3.63) is 24.3 Å². The molecule has 1 rings (SSSR count). The largest absolute Gasteiger partial charge is 0.309 e. The highest BCUT2D eigenvalue weighted by molar-refractivity contribution is 4.87. The van der Waals surface area contributed by atoms with Gasteiger partial charge in [-0.25, -0.2) is 9.97 Å². The number of hydrogen-bond donors (Lipinski definition) is 1. The monoisotopic (exact) mass is 208 g/mol. The standard InChI is InChI=1S/C11H20N4/c1-3-15(4-2)9-8-12-10-11-13-6-5-7-14-11/h5-7,12H,3-4,8-10H2,1-2H3. The summed E-state index contributed by atoms with van der Waals surface area (Å²) >= 11 is 0. The molecule has 4 heteroatoms.